The van der Waals surface area contributed by atoms with Gasteiger partial charge in [-0.05, 0) is 55.8 Å². The Morgan fingerprint density at radius 2 is 1.79 bits per heavy atom. The van der Waals surface area contributed by atoms with Gasteiger partial charge in [-0.1, -0.05) is 33.3 Å². The molecule has 0 aromatic heterocycles. The number of aliphatic hydroxyl groups is 3. The van der Waals surface area contributed by atoms with E-state index in [-0.39, 0.29) is 22.7 Å². The van der Waals surface area contributed by atoms with Crippen molar-refractivity contribution in [1.82, 2.24) is 0 Å². The van der Waals surface area contributed by atoms with Gasteiger partial charge in [-0.15, -0.1) is 6.58 Å². The molecule has 4 heteroatoms. The van der Waals surface area contributed by atoms with Crippen LogP contribution in [0.2, 0.25) is 0 Å². The molecule has 8 atom stereocenters. The first-order valence-corrected chi connectivity index (χ1v) is 9.30. The molecular formula is C20H34O4. The van der Waals surface area contributed by atoms with Gasteiger partial charge in [0.2, 0.25) is 0 Å². The van der Waals surface area contributed by atoms with E-state index in [9.17, 15) is 15.3 Å². The quantitative estimate of drug-likeness (QED) is 0.677. The van der Waals surface area contributed by atoms with Crippen LogP contribution in [-0.4, -0.2) is 44.8 Å². The maximum Gasteiger partial charge on any atom is 0.109 e. The Morgan fingerprint density at radius 1 is 1.17 bits per heavy atom. The average Bonchev–Trinajstić information content (AvgIpc) is 2.85. The maximum absolute atomic E-state index is 11.0. The first-order chi connectivity index (χ1) is 10.9. The smallest absolute Gasteiger partial charge is 0.109 e. The SMILES string of the molecule is C=CC(C)(O)C1CC2C3(C)CCCC(C)(C)C3C(O)C(O)C2(C)O1. The van der Waals surface area contributed by atoms with Crippen molar-refractivity contribution in [2.45, 2.75) is 89.8 Å². The second kappa shape index (κ2) is 5.29. The third-order valence-electron chi connectivity index (χ3n) is 7.74. The molecule has 0 radical (unpaired) electrons. The molecule has 24 heavy (non-hydrogen) atoms. The molecule has 0 amide bonds. The molecule has 1 heterocycles. The Hall–Kier alpha value is -0.420. The molecule has 3 rings (SSSR count). The molecule has 3 N–H and O–H groups in total. The molecule has 1 saturated heterocycles. The third kappa shape index (κ3) is 2.26. The van der Waals surface area contributed by atoms with Crippen molar-refractivity contribution in [2.24, 2.45) is 22.7 Å². The highest BCUT2D eigenvalue weighted by Crippen LogP contribution is 2.66. The highest BCUT2D eigenvalue weighted by atomic mass is 16.5. The average molecular weight is 338 g/mol. The van der Waals surface area contributed by atoms with E-state index in [0.717, 1.165) is 19.3 Å². The second-order valence-electron chi connectivity index (χ2n) is 9.77. The van der Waals surface area contributed by atoms with E-state index in [1.165, 1.54) is 6.08 Å². The third-order valence-corrected chi connectivity index (χ3v) is 7.74. The lowest BCUT2D eigenvalue weighted by atomic mass is 9.44. The summed E-state index contributed by atoms with van der Waals surface area (Å²) < 4.78 is 6.24. The molecule has 8 unspecified atom stereocenters. The normalized spacial score (nSPS) is 52.9. The van der Waals surface area contributed by atoms with Crippen molar-refractivity contribution in [2.75, 3.05) is 0 Å². The Labute approximate surface area is 145 Å². The van der Waals surface area contributed by atoms with E-state index in [2.05, 4.69) is 27.4 Å². The zero-order chi connectivity index (χ0) is 18.1. The minimum Gasteiger partial charge on any atom is -0.390 e. The predicted octanol–water partition coefficient (Wildman–Crippen LogP) is 2.66. The van der Waals surface area contributed by atoms with Crippen LogP contribution >= 0.6 is 0 Å². The number of aliphatic hydroxyl groups excluding tert-OH is 2. The Balaban J connectivity index is 2.06. The van der Waals surface area contributed by atoms with Crippen molar-refractivity contribution < 1.29 is 20.1 Å². The Bertz CT molecular complexity index is 528. The largest absolute Gasteiger partial charge is 0.390 e. The fourth-order valence-electron chi connectivity index (χ4n) is 6.47. The van der Waals surface area contributed by atoms with Crippen molar-refractivity contribution in [3.63, 3.8) is 0 Å². The summed E-state index contributed by atoms with van der Waals surface area (Å²) in [6.07, 6.45) is 3.26. The van der Waals surface area contributed by atoms with E-state index < -0.39 is 29.5 Å². The minimum atomic E-state index is -1.14. The van der Waals surface area contributed by atoms with E-state index in [1.807, 2.05) is 6.92 Å². The van der Waals surface area contributed by atoms with Gasteiger partial charge in [0.05, 0.1) is 17.8 Å². The van der Waals surface area contributed by atoms with Gasteiger partial charge >= 0.3 is 0 Å². The van der Waals surface area contributed by atoms with Crippen LogP contribution in [-0.2, 0) is 4.74 Å². The van der Waals surface area contributed by atoms with Crippen LogP contribution < -0.4 is 0 Å². The van der Waals surface area contributed by atoms with Crippen molar-refractivity contribution in [3.05, 3.63) is 12.7 Å². The van der Waals surface area contributed by atoms with E-state index >= 15 is 0 Å². The van der Waals surface area contributed by atoms with Crippen molar-refractivity contribution in [1.29, 1.82) is 0 Å². The predicted molar refractivity (Wildman–Crippen MR) is 93.4 cm³/mol. The fraction of sp³-hybridized carbons (Fsp3) is 0.900. The van der Waals surface area contributed by atoms with Crippen LogP contribution in [0.4, 0.5) is 0 Å². The van der Waals surface area contributed by atoms with Crippen LogP contribution in [0, 0.1) is 22.7 Å². The fourth-order valence-corrected chi connectivity index (χ4v) is 6.47. The van der Waals surface area contributed by atoms with Gasteiger partial charge in [0.25, 0.3) is 0 Å². The second-order valence-corrected chi connectivity index (χ2v) is 9.77. The molecule has 0 spiro atoms. The molecule has 2 saturated carbocycles. The summed E-state index contributed by atoms with van der Waals surface area (Å²) >= 11 is 0. The summed E-state index contributed by atoms with van der Waals surface area (Å²) in [5, 5.41) is 32.6. The molecule has 0 bridgehead atoms. The molecule has 138 valence electrons. The molecular weight excluding hydrogens is 304 g/mol. The standard InChI is InChI=1S/C20H34O4/c1-7-19(5,23)13-11-12-18(4)10-8-9-17(2,3)15(18)14(21)16(22)20(12,6)24-13/h7,12-16,21-23H,1,8-11H2,2-6H3. The summed E-state index contributed by atoms with van der Waals surface area (Å²) in [6.45, 7) is 14.0. The summed E-state index contributed by atoms with van der Waals surface area (Å²) in [5.74, 6) is 0.132. The van der Waals surface area contributed by atoms with Crippen LogP contribution in [0.5, 0.6) is 0 Å². The van der Waals surface area contributed by atoms with Crippen LogP contribution in [0.25, 0.3) is 0 Å². The van der Waals surface area contributed by atoms with Crippen molar-refractivity contribution in [3.8, 4) is 0 Å². The maximum atomic E-state index is 11.0. The Kier molecular flexibility index (Phi) is 4.05. The van der Waals surface area contributed by atoms with Crippen LogP contribution in [0.1, 0.15) is 60.3 Å². The summed E-state index contributed by atoms with van der Waals surface area (Å²) in [6, 6.07) is 0. The minimum absolute atomic E-state index is 0.0201. The zero-order valence-corrected chi connectivity index (χ0v) is 15.7. The molecule has 1 aliphatic heterocycles. The van der Waals surface area contributed by atoms with Gasteiger partial charge in [0, 0.05) is 0 Å². The summed E-state index contributed by atoms with van der Waals surface area (Å²) in [7, 11) is 0. The summed E-state index contributed by atoms with van der Waals surface area (Å²) in [4.78, 5) is 0. The first kappa shape index (κ1) is 18.4. The number of hydrogen-bond acceptors (Lipinski definition) is 4. The monoisotopic (exact) mass is 338 g/mol. The lowest BCUT2D eigenvalue weighted by molar-refractivity contribution is -0.262. The number of hydrogen-bond donors (Lipinski definition) is 3. The first-order valence-electron chi connectivity index (χ1n) is 9.30. The van der Waals surface area contributed by atoms with Crippen LogP contribution in [0.3, 0.4) is 0 Å². The molecule has 0 aromatic rings. The highest BCUT2D eigenvalue weighted by Gasteiger charge is 2.69. The molecule has 0 aromatic carbocycles. The number of rotatable bonds is 2. The van der Waals surface area contributed by atoms with Gasteiger partial charge in [-0.3, -0.25) is 0 Å². The van der Waals surface area contributed by atoms with Crippen LogP contribution in [0.15, 0.2) is 12.7 Å². The van der Waals surface area contributed by atoms with E-state index in [4.69, 9.17) is 4.74 Å². The Morgan fingerprint density at radius 3 is 2.38 bits per heavy atom. The summed E-state index contributed by atoms with van der Waals surface area (Å²) in [5.41, 5.74) is -2.11. The molecule has 3 aliphatic rings. The lowest BCUT2D eigenvalue weighted by Gasteiger charge is -2.63. The lowest BCUT2D eigenvalue weighted by Crippen LogP contribution is -2.68. The van der Waals surface area contributed by atoms with Gasteiger partial charge in [0.15, 0.2) is 0 Å². The topological polar surface area (TPSA) is 69.9 Å². The molecule has 3 fully saturated rings. The van der Waals surface area contributed by atoms with Gasteiger partial charge < -0.3 is 20.1 Å². The van der Waals surface area contributed by atoms with E-state index in [0.29, 0.717) is 6.42 Å². The zero-order valence-electron chi connectivity index (χ0n) is 15.7. The van der Waals surface area contributed by atoms with Gasteiger partial charge in [-0.2, -0.15) is 0 Å². The van der Waals surface area contributed by atoms with Gasteiger partial charge in [-0.25, -0.2) is 0 Å². The van der Waals surface area contributed by atoms with Crippen molar-refractivity contribution >= 4 is 0 Å². The number of fused-ring (bicyclic) bond motifs is 3. The van der Waals surface area contributed by atoms with E-state index in [1.54, 1.807) is 6.92 Å². The molecule has 4 nitrogen and oxygen atoms in total. The number of ether oxygens (including phenoxy) is 1. The highest BCUT2D eigenvalue weighted by molar-refractivity contribution is 5.19. The van der Waals surface area contributed by atoms with Gasteiger partial charge in [0.1, 0.15) is 11.7 Å². The molecule has 2 aliphatic carbocycles.